The third kappa shape index (κ3) is 2.37. The van der Waals surface area contributed by atoms with Crippen LogP contribution in [-0.4, -0.2) is 36.6 Å². The second-order valence-electron chi connectivity index (χ2n) is 5.53. The number of hydrogen-bond acceptors (Lipinski definition) is 2. The Morgan fingerprint density at radius 1 is 1.47 bits per heavy atom. The van der Waals surface area contributed by atoms with E-state index >= 15 is 0 Å². The van der Waals surface area contributed by atoms with E-state index in [0.29, 0.717) is 24.7 Å². The van der Waals surface area contributed by atoms with Crippen molar-refractivity contribution in [2.45, 2.75) is 31.3 Å². The molecule has 3 rings (SSSR count). The monoisotopic (exact) mass is 279 g/mol. The zero-order valence-electron chi connectivity index (χ0n) is 11.1. The summed E-state index contributed by atoms with van der Waals surface area (Å²) in [4.78, 5) is 14.7. The molecule has 0 bridgehead atoms. The van der Waals surface area contributed by atoms with Crippen LogP contribution in [0.5, 0.6) is 0 Å². The van der Waals surface area contributed by atoms with E-state index in [9.17, 15) is 4.79 Å². The Balaban J connectivity index is 1.82. The van der Waals surface area contributed by atoms with Crippen LogP contribution in [0.4, 0.5) is 0 Å². The molecule has 102 valence electrons. The molecule has 3 nitrogen and oxygen atoms in total. The summed E-state index contributed by atoms with van der Waals surface area (Å²) in [7, 11) is 0. The van der Waals surface area contributed by atoms with Gasteiger partial charge in [-0.05, 0) is 37.5 Å². The predicted molar refractivity (Wildman–Crippen MR) is 74.4 cm³/mol. The van der Waals surface area contributed by atoms with Crippen LogP contribution in [-0.2, 0) is 14.9 Å². The van der Waals surface area contributed by atoms with Crippen molar-refractivity contribution in [3.05, 3.63) is 34.9 Å². The number of morpholine rings is 1. The molecule has 1 aromatic rings. The summed E-state index contributed by atoms with van der Waals surface area (Å²) in [6, 6.07) is 7.71. The Morgan fingerprint density at radius 2 is 2.26 bits per heavy atom. The smallest absolute Gasteiger partial charge is 0.233 e. The van der Waals surface area contributed by atoms with Gasteiger partial charge in [-0.15, -0.1) is 0 Å². The molecule has 1 saturated carbocycles. The number of amides is 1. The summed E-state index contributed by atoms with van der Waals surface area (Å²) in [6.07, 6.45) is 1.99. The number of ether oxygens (including phenoxy) is 1. The highest BCUT2D eigenvalue weighted by atomic mass is 35.5. The number of carbonyl (C=O) groups is 1. The third-order valence-corrected chi connectivity index (χ3v) is 4.30. The van der Waals surface area contributed by atoms with E-state index in [2.05, 4.69) is 0 Å². The highest BCUT2D eigenvalue weighted by Crippen LogP contribution is 2.50. The Kier molecular flexibility index (Phi) is 3.27. The second-order valence-corrected chi connectivity index (χ2v) is 5.96. The molecule has 1 aliphatic heterocycles. The number of carbonyl (C=O) groups excluding carboxylic acids is 1. The Bertz CT molecular complexity index is 499. The van der Waals surface area contributed by atoms with Gasteiger partial charge in [0.25, 0.3) is 0 Å². The number of halogens is 1. The number of nitrogens with zero attached hydrogens (tertiary/aromatic N) is 1. The van der Waals surface area contributed by atoms with Crippen LogP contribution in [0.3, 0.4) is 0 Å². The van der Waals surface area contributed by atoms with Crippen LogP contribution in [0.15, 0.2) is 24.3 Å². The Hall–Kier alpha value is -1.06. The first-order valence-corrected chi connectivity index (χ1v) is 7.17. The van der Waals surface area contributed by atoms with Crippen molar-refractivity contribution in [3.63, 3.8) is 0 Å². The van der Waals surface area contributed by atoms with Crippen LogP contribution in [0, 0.1) is 0 Å². The lowest BCUT2D eigenvalue weighted by Gasteiger charge is -2.34. The average molecular weight is 280 g/mol. The Labute approximate surface area is 118 Å². The second kappa shape index (κ2) is 4.80. The molecule has 4 heteroatoms. The maximum absolute atomic E-state index is 12.8. The number of benzene rings is 1. The molecule has 19 heavy (non-hydrogen) atoms. The molecule has 1 amide bonds. The molecular weight excluding hydrogens is 262 g/mol. The predicted octanol–water partition coefficient (Wildman–Crippen LogP) is 2.62. The van der Waals surface area contributed by atoms with Gasteiger partial charge in [-0.25, -0.2) is 0 Å². The lowest BCUT2D eigenvalue weighted by atomic mass is 9.94. The minimum atomic E-state index is -0.317. The van der Waals surface area contributed by atoms with E-state index in [1.807, 2.05) is 36.1 Å². The van der Waals surface area contributed by atoms with Gasteiger partial charge in [-0.3, -0.25) is 4.79 Å². The standard InChI is InChI=1S/C15H18ClNO2/c1-11-10-17(7-8-19-11)14(18)15(5-6-15)12-3-2-4-13(16)9-12/h2-4,9,11H,5-8,10H2,1H3. The first-order chi connectivity index (χ1) is 9.12. The van der Waals surface area contributed by atoms with Gasteiger partial charge in [-0.1, -0.05) is 23.7 Å². The van der Waals surface area contributed by atoms with Crippen molar-refractivity contribution in [1.82, 2.24) is 4.90 Å². The van der Waals surface area contributed by atoms with Gasteiger partial charge in [0.05, 0.1) is 18.1 Å². The SMILES string of the molecule is CC1CN(C(=O)C2(c3cccc(Cl)c3)CC2)CCO1. The van der Waals surface area contributed by atoms with Gasteiger partial charge >= 0.3 is 0 Å². The van der Waals surface area contributed by atoms with Crippen LogP contribution in [0.1, 0.15) is 25.3 Å². The average Bonchev–Trinajstić information content (AvgIpc) is 3.19. The number of rotatable bonds is 2. The molecular formula is C15H18ClNO2. The quantitative estimate of drug-likeness (QED) is 0.833. The zero-order chi connectivity index (χ0) is 13.5. The third-order valence-electron chi connectivity index (χ3n) is 4.06. The minimum Gasteiger partial charge on any atom is -0.375 e. The fourth-order valence-corrected chi connectivity index (χ4v) is 3.03. The first-order valence-electron chi connectivity index (χ1n) is 6.79. The van der Waals surface area contributed by atoms with Crippen molar-refractivity contribution in [1.29, 1.82) is 0 Å². The molecule has 1 unspecified atom stereocenters. The van der Waals surface area contributed by atoms with Crippen molar-refractivity contribution >= 4 is 17.5 Å². The van der Waals surface area contributed by atoms with Crippen LogP contribution >= 0.6 is 11.6 Å². The van der Waals surface area contributed by atoms with Gasteiger partial charge in [0.15, 0.2) is 0 Å². The lowest BCUT2D eigenvalue weighted by Crippen LogP contribution is -2.48. The van der Waals surface area contributed by atoms with Gasteiger partial charge in [0.2, 0.25) is 5.91 Å². The van der Waals surface area contributed by atoms with Crippen LogP contribution < -0.4 is 0 Å². The molecule has 1 aliphatic carbocycles. The van der Waals surface area contributed by atoms with Crippen LogP contribution in [0.25, 0.3) is 0 Å². The van der Waals surface area contributed by atoms with Gasteiger partial charge in [0.1, 0.15) is 0 Å². The van der Waals surface area contributed by atoms with E-state index in [4.69, 9.17) is 16.3 Å². The summed E-state index contributed by atoms with van der Waals surface area (Å²) in [5, 5.41) is 0.701. The number of hydrogen-bond donors (Lipinski definition) is 0. The first kappa shape index (κ1) is 12.9. The molecule has 0 spiro atoms. The van der Waals surface area contributed by atoms with Crippen molar-refractivity contribution in [2.75, 3.05) is 19.7 Å². The fraction of sp³-hybridized carbons (Fsp3) is 0.533. The van der Waals surface area contributed by atoms with Gasteiger partial charge in [-0.2, -0.15) is 0 Å². The lowest BCUT2D eigenvalue weighted by molar-refractivity contribution is -0.140. The molecule has 2 fully saturated rings. The topological polar surface area (TPSA) is 29.5 Å². The molecule has 1 aromatic carbocycles. The Morgan fingerprint density at radius 3 is 2.89 bits per heavy atom. The van der Waals surface area contributed by atoms with E-state index in [0.717, 1.165) is 18.4 Å². The fourth-order valence-electron chi connectivity index (χ4n) is 2.84. The van der Waals surface area contributed by atoms with E-state index in [1.165, 1.54) is 0 Å². The largest absolute Gasteiger partial charge is 0.375 e. The van der Waals surface area contributed by atoms with Crippen molar-refractivity contribution in [2.24, 2.45) is 0 Å². The van der Waals surface area contributed by atoms with E-state index in [1.54, 1.807) is 0 Å². The van der Waals surface area contributed by atoms with Crippen molar-refractivity contribution in [3.8, 4) is 0 Å². The minimum absolute atomic E-state index is 0.132. The van der Waals surface area contributed by atoms with Gasteiger partial charge < -0.3 is 9.64 Å². The van der Waals surface area contributed by atoms with Crippen LogP contribution in [0.2, 0.25) is 5.02 Å². The van der Waals surface area contributed by atoms with E-state index < -0.39 is 0 Å². The molecule has 0 aromatic heterocycles. The molecule has 1 saturated heterocycles. The summed E-state index contributed by atoms with van der Waals surface area (Å²) in [5.41, 5.74) is 0.742. The molecule has 1 heterocycles. The maximum Gasteiger partial charge on any atom is 0.233 e. The summed E-state index contributed by atoms with van der Waals surface area (Å²) < 4.78 is 5.50. The van der Waals surface area contributed by atoms with Crippen molar-refractivity contribution < 1.29 is 9.53 Å². The molecule has 0 radical (unpaired) electrons. The summed E-state index contributed by atoms with van der Waals surface area (Å²) in [5.74, 6) is 0.241. The summed E-state index contributed by atoms with van der Waals surface area (Å²) in [6.45, 7) is 4.05. The van der Waals surface area contributed by atoms with Gasteiger partial charge in [0, 0.05) is 18.1 Å². The highest BCUT2D eigenvalue weighted by Gasteiger charge is 2.53. The zero-order valence-corrected chi connectivity index (χ0v) is 11.8. The van der Waals surface area contributed by atoms with E-state index in [-0.39, 0.29) is 17.4 Å². The normalized spacial score (nSPS) is 25.2. The molecule has 1 atom stereocenters. The maximum atomic E-state index is 12.8. The molecule has 2 aliphatic rings. The summed E-state index contributed by atoms with van der Waals surface area (Å²) >= 11 is 6.05. The molecule has 0 N–H and O–H groups in total. The highest BCUT2D eigenvalue weighted by molar-refractivity contribution is 6.30.